The Balaban J connectivity index is 1.38. The monoisotopic (exact) mass is 516 g/mol. The van der Waals surface area contributed by atoms with Crippen molar-refractivity contribution in [2.75, 3.05) is 26.2 Å². The number of amides is 1. The van der Waals surface area contributed by atoms with Crippen LogP contribution in [0, 0.1) is 0 Å². The van der Waals surface area contributed by atoms with E-state index in [0.29, 0.717) is 44.6 Å². The summed E-state index contributed by atoms with van der Waals surface area (Å²) in [5.74, 6) is -0.289. The third kappa shape index (κ3) is 3.93. The second kappa shape index (κ2) is 7.96. The molecule has 3 atom stereocenters. The third-order valence-electron chi connectivity index (χ3n) is 6.83. The molecule has 3 heterocycles. The Morgan fingerprint density at radius 3 is 2.28 bits per heavy atom. The number of hydrogen-bond donors (Lipinski definition) is 2. The second-order valence-corrected chi connectivity index (χ2v) is 9.74. The molecule has 1 amide bonds. The van der Waals surface area contributed by atoms with Crippen LogP contribution in [0.2, 0.25) is 0 Å². The van der Waals surface area contributed by atoms with Crippen LogP contribution in [0.25, 0.3) is 5.65 Å². The molecule has 174 valence electrons. The number of alkyl halides is 3. The van der Waals surface area contributed by atoms with Gasteiger partial charge in [0.15, 0.2) is 11.3 Å². The van der Waals surface area contributed by atoms with Crippen LogP contribution in [0.4, 0.5) is 13.2 Å². The van der Waals surface area contributed by atoms with Crippen molar-refractivity contribution in [3.63, 3.8) is 0 Å². The lowest BCUT2D eigenvalue weighted by Gasteiger charge is -2.37. The molecule has 1 saturated heterocycles. The minimum absolute atomic E-state index is 0.0244. The molecule has 1 aliphatic heterocycles. The zero-order valence-corrected chi connectivity index (χ0v) is 18.8. The van der Waals surface area contributed by atoms with Crippen LogP contribution in [-0.4, -0.2) is 79.7 Å². The van der Waals surface area contributed by atoms with E-state index in [-0.39, 0.29) is 27.9 Å². The SMILES string of the molecule is O=C(c1nc2c(C(F)(F)F)cc(C3CC3)cn2c1Br)N1CCN(C2C[C@@H](O)[C@@H](O)C2)CC1. The summed E-state index contributed by atoms with van der Waals surface area (Å²) in [6, 6.07) is 1.22. The van der Waals surface area contributed by atoms with Crippen molar-refractivity contribution < 1.29 is 28.2 Å². The Bertz CT molecular complexity index is 1040. The molecule has 5 rings (SSSR count). The highest BCUT2D eigenvalue weighted by atomic mass is 79.9. The number of aromatic nitrogens is 2. The van der Waals surface area contributed by atoms with Gasteiger partial charge in [-0.3, -0.25) is 14.1 Å². The predicted octanol–water partition coefficient (Wildman–Crippen LogP) is 2.63. The molecule has 3 aliphatic rings. The molecule has 7 nitrogen and oxygen atoms in total. The van der Waals surface area contributed by atoms with Crippen molar-refractivity contribution in [1.29, 1.82) is 0 Å². The summed E-state index contributed by atoms with van der Waals surface area (Å²) in [5, 5.41) is 19.6. The lowest BCUT2D eigenvalue weighted by Crippen LogP contribution is -2.51. The highest BCUT2D eigenvalue weighted by Gasteiger charge is 2.39. The fraction of sp³-hybridized carbons (Fsp3) is 0.619. The van der Waals surface area contributed by atoms with Crippen LogP contribution in [0.15, 0.2) is 16.9 Å². The predicted molar refractivity (Wildman–Crippen MR) is 112 cm³/mol. The van der Waals surface area contributed by atoms with Crippen molar-refractivity contribution >= 4 is 27.5 Å². The summed E-state index contributed by atoms with van der Waals surface area (Å²) in [6.07, 6.45) is -1.66. The van der Waals surface area contributed by atoms with E-state index in [1.165, 1.54) is 4.40 Å². The molecule has 32 heavy (non-hydrogen) atoms. The maximum atomic E-state index is 13.7. The van der Waals surface area contributed by atoms with Gasteiger partial charge in [-0.2, -0.15) is 13.2 Å². The second-order valence-electron chi connectivity index (χ2n) is 8.99. The smallest absolute Gasteiger partial charge is 0.390 e. The quantitative estimate of drug-likeness (QED) is 0.655. The fourth-order valence-corrected chi connectivity index (χ4v) is 5.36. The summed E-state index contributed by atoms with van der Waals surface area (Å²) in [7, 11) is 0. The van der Waals surface area contributed by atoms with E-state index < -0.39 is 29.9 Å². The van der Waals surface area contributed by atoms with Crippen LogP contribution in [0.1, 0.15) is 53.2 Å². The number of fused-ring (bicyclic) bond motifs is 1. The Hall–Kier alpha value is -1.69. The number of aliphatic hydroxyl groups excluding tert-OH is 2. The molecule has 2 N–H and O–H groups in total. The van der Waals surface area contributed by atoms with Crippen LogP contribution >= 0.6 is 15.9 Å². The molecular formula is C21H24BrF3N4O3. The normalized spacial score (nSPS) is 27.4. The van der Waals surface area contributed by atoms with Gasteiger partial charge in [0, 0.05) is 38.4 Å². The first-order valence-corrected chi connectivity index (χ1v) is 11.6. The Morgan fingerprint density at radius 1 is 1.09 bits per heavy atom. The summed E-state index contributed by atoms with van der Waals surface area (Å²) >= 11 is 3.32. The lowest BCUT2D eigenvalue weighted by atomic mass is 10.1. The first kappa shape index (κ1) is 22.1. The topological polar surface area (TPSA) is 81.3 Å². The Labute approximate surface area is 190 Å². The molecule has 0 aromatic carbocycles. The molecular weight excluding hydrogens is 493 g/mol. The number of hydrogen-bond acceptors (Lipinski definition) is 5. The molecule has 2 saturated carbocycles. The Morgan fingerprint density at radius 2 is 1.72 bits per heavy atom. The van der Waals surface area contributed by atoms with Crippen LogP contribution in [-0.2, 0) is 6.18 Å². The number of imidazole rings is 1. The van der Waals surface area contributed by atoms with Crippen molar-refractivity contribution in [1.82, 2.24) is 19.2 Å². The zero-order chi connectivity index (χ0) is 22.8. The summed E-state index contributed by atoms with van der Waals surface area (Å²) in [6.45, 7) is 1.95. The van der Waals surface area contributed by atoms with E-state index in [0.717, 1.165) is 18.9 Å². The highest BCUT2D eigenvalue weighted by Crippen LogP contribution is 2.43. The van der Waals surface area contributed by atoms with E-state index >= 15 is 0 Å². The van der Waals surface area contributed by atoms with Crippen molar-refractivity contribution in [2.45, 2.75) is 56.0 Å². The number of aliphatic hydroxyl groups is 2. The molecule has 0 spiro atoms. The molecule has 11 heteroatoms. The molecule has 2 aliphatic carbocycles. The summed E-state index contributed by atoms with van der Waals surface area (Å²) in [5.41, 5.74) is -0.519. The molecule has 1 unspecified atom stereocenters. The van der Waals surface area contributed by atoms with Gasteiger partial charge in [-0.1, -0.05) is 0 Å². The lowest BCUT2D eigenvalue weighted by molar-refractivity contribution is -0.136. The van der Waals surface area contributed by atoms with Gasteiger partial charge in [0.25, 0.3) is 5.91 Å². The first-order valence-electron chi connectivity index (χ1n) is 10.8. The van der Waals surface area contributed by atoms with Crippen molar-refractivity contribution in [3.8, 4) is 0 Å². The maximum Gasteiger partial charge on any atom is 0.419 e. The van der Waals surface area contributed by atoms with Gasteiger partial charge in [-0.05, 0) is 59.2 Å². The van der Waals surface area contributed by atoms with Crippen molar-refractivity contribution in [3.05, 3.63) is 33.7 Å². The number of pyridine rings is 1. The van der Waals surface area contributed by atoms with E-state index in [1.807, 2.05) is 0 Å². The highest BCUT2D eigenvalue weighted by molar-refractivity contribution is 9.10. The Kier molecular flexibility index (Phi) is 5.51. The molecule has 2 aromatic rings. The first-order chi connectivity index (χ1) is 15.1. The largest absolute Gasteiger partial charge is 0.419 e. The third-order valence-corrected chi connectivity index (χ3v) is 7.59. The maximum absolute atomic E-state index is 13.7. The number of halogens is 4. The number of nitrogens with zero attached hydrogens (tertiary/aromatic N) is 4. The number of rotatable bonds is 3. The van der Waals surface area contributed by atoms with Gasteiger partial charge >= 0.3 is 6.18 Å². The minimum atomic E-state index is -4.57. The fourth-order valence-electron chi connectivity index (χ4n) is 4.83. The van der Waals surface area contributed by atoms with Gasteiger partial charge in [0.1, 0.15) is 4.60 Å². The number of piperazine rings is 1. The molecule has 2 aromatic heterocycles. The average Bonchev–Trinajstić information content (AvgIpc) is 3.48. The summed E-state index contributed by atoms with van der Waals surface area (Å²) in [4.78, 5) is 21.0. The zero-order valence-electron chi connectivity index (χ0n) is 17.2. The summed E-state index contributed by atoms with van der Waals surface area (Å²) < 4.78 is 42.7. The van der Waals surface area contributed by atoms with Gasteiger partial charge in [0.05, 0.1) is 17.8 Å². The molecule has 3 fully saturated rings. The van der Waals surface area contributed by atoms with Crippen LogP contribution in [0.3, 0.4) is 0 Å². The number of carbonyl (C=O) groups excluding carboxylic acids is 1. The van der Waals surface area contributed by atoms with Gasteiger partial charge in [-0.25, -0.2) is 4.98 Å². The minimum Gasteiger partial charge on any atom is -0.390 e. The van der Waals surface area contributed by atoms with Crippen LogP contribution < -0.4 is 0 Å². The van der Waals surface area contributed by atoms with Gasteiger partial charge in [0.2, 0.25) is 0 Å². The average molecular weight is 517 g/mol. The van der Waals surface area contributed by atoms with E-state index in [1.54, 1.807) is 11.1 Å². The van der Waals surface area contributed by atoms with Gasteiger partial charge < -0.3 is 15.1 Å². The van der Waals surface area contributed by atoms with E-state index in [9.17, 15) is 28.2 Å². The van der Waals surface area contributed by atoms with Crippen molar-refractivity contribution in [2.24, 2.45) is 0 Å². The van der Waals surface area contributed by atoms with E-state index in [2.05, 4.69) is 25.8 Å². The number of carbonyl (C=O) groups is 1. The van der Waals surface area contributed by atoms with E-state index in [4.69, 9.17) is 0 Å². The molecule has 0 radical (unpaired) electrons. The van der Waals surface area contributed by atoms with Crippen LogP contribution in [0.5, 0.6) is 0 Å². The standard InChI is InChI=1S/C21H24BrF3N4O3/c22-18-17(20(32)28-5-3-27(4-6-28)13-8-15(30)16(31)9-13)26-19-14(21(23,24)25)7-12(10-29(18)19)11-1-2-11/h7,10-11,13,15-16,30-31H,1-6,8-9H2/t13?,15-,16+. The van der Waals surface area contributed by atoms with Gasteiger partial charge in [-0.15, -0.1) is 0 Å². The molecule has 0 bridgehead atoms.